The molecule has 0 aliphatic carbocycles. The number of H-pyrrole nitrogens is 1. The molecule has 0 aromatic carbocycles. The number of aromatic amines is 1. The second kappa shape index (κ2) is 5.82. The van der Waals surface area contributed by atoms with Crippen LogP contribution in [0.4, 0.5) is 0 Å². The van der Waals surface area contributed by atoms with E-state index in [9.17, 15) is 14.5 Å². The molecule has 4 atom stereocenters. The van der Waals surface area contributed by atoms with Crippen molar-refractivity contribution in [1.82, 2.24) is 19.5 Å². The largest absolute Gasteiger partial charge is 0.695 e. The van der Waals surface area contributed by atoms with E-state index < -0.39 is 26.7 Å². The molecular formula is C11H14N4O6P+. The van der Waals surface area contributed by atoms with Gasteiger partial charge in [-0.3, -0.25) is 9.36 Å². The molecule has 1 saturated heterocycles. The van der Waals surface area contributed by atoms with Crippen molar-refractivity contribution in [2.75, 3.05) is 6.61 Å². The van der Waals surface area contributed by atoms with Crippen molar-refractivity contribution in [2.24, 2.45) is 0 Å². The van der Waals surface area contributed by atoms with Crippen molar-refractivity contribution in [3.8, 4) is 0 Å². The fourth-order valence-electron chi connectivity index (χ4n) is 2.51. The molecule has 1 unspecified atom stereocenters. The van der Waals surface area contributed by atoms with Crippen LogP contribution >= 0.6 is 8.25 Å². The molecule has 2 aromatic rings. The Hall–Kier alpha value is -1.71. The first kappa shape index (κ1) is 15.2. The quantitative estimate of drug-likeness (QED) is 0.652. The number of aryl methyl sites for hydroxylation is 1. The predicted octanol–water partition coefficient (Wildman–Crippen LogP) is -0.257. The van der Waals surface area contributed by atoms with Crippen molar-refractivity contribution < 1.29 is 23.8 Å². The van der Waals surface area contributed by atoms with Crippen LogP contribution in [-0.4, -0.2) is 48.3 Å². The predicted molar refractivity (Wildman–Crippen MR) is 73.2 cm³/mol. The Balaban J connectivity index is 2.04. The molecule has 0 spiro atoms. The molecule has 1 aliphatic rings. The van der Waals surface area contributed by atoms with Gasteiger partial charge >= 0.3 is 8.25 Å². The minimum atomic E-state index is -2.83. The number of aliphatic hydroxyl groups is 1. The molecule has 0 radical (unpaired) electrons. The third kappa shape index (κ3) is 2.67. The lowest BCUT2D eigenvalue weighted by atomic mass is 10.2. The van der Waals surface area contributed by atoms with E-state index in [4.69, 9.17) is 14.2 Å². The molecule has 1 aliphatic heterocycles. The van der Waals surface area contributed by atoms with Crippen LogP contribution in [0.5, 0.6) is 0 Å². The summed E-state index contributed by atoms with van der Waals surface area (Å²) in [6.07, 6.45) is -0.501. The molecule has 0 bridgehead atoms. The third-order valence-electron chi connectivity index (χ3n) is 3.40. The molecule has 0 saturated carbocycles. The fourth-order valence-corrected chi connectivity index (χ4v) is 2.93. The number of nitrogens with one attached hydrogen (secondary N) is 1. The van der Waals surface area contributed by atoms with Gasteiger partial charge in [0.25, 0.3) is 5.56 Å². The van der Waals surface area contributed by atoms with E-state index in [0.29, 0.717) is 5.82 Å². The molecule has 0 amide bonds. The zero-order valence-corrected chi connectivity index (χ0v) is 12.4. The van der Waals surface area contributed by atoms with Gasteiger partial charge in [-0.2, -0.15) is 0 Å². The highest BCUT2D eigenvalue weighted by atomic mass is 31.1. The van der Waals surface area contributed by atoms with Crippen LogP contribution in [0.1, 0.15) is 18.5 Å². The molecule has 2 aromatic heterocycles. The first-order valence-corrected chi connectivity index (χ1v) is 7.65. The van der Waals surface area contributed by atoms with Crippen molar-refractivity contribution in [1.29, 1.82) is 0 Å². The highest BCUT2D eigenvalue weighted by molar-refractivity contribution is 7.32. The monoisotopic (exact) mass is 329 g/mol. The Labute approximate surface area is 124 Å². The Bertz CT molecular complexity index is 774. The zero-order chi connectivity index (χ0) is 15.9. The first-order valence-electron chi connectivity index (χ1n) is 6.52. The zero-order valence-electron chi connectivity index (χ0n) is 11.5. The van der Waals surface area contributed by atoms with Gasteiger partial charge in [0.2, 0.25) is 0 Å². The molecule has 22 heavy (non-hydrogen) atoms. The summed E-state index contributed by atoms with van der Waals surface area (Å²) in [6, 6.07) is 0. The topological polar surface area (TPSA) is 140 Å². The first-order chi connectivity index (χ1) is 10.5. The Kier molecular flexibility index (Phi) is 4.02. The Morgan fingerprint density at radius 3 is 3.09 bits per heavy atom. The third-order valence-corrected chi connectivity index (χ3v) is 3.85. The van der Waals surface area contributed by atoms with Gasteiger partial charge < -0.3 is 14.8 Å². The summed E-state index contributed by atoms with van der Waals surface area (Å²) in [4.78, 5) is 31.5. The molecule has 11 heteroatoms. The van der Waals surface area contributed by atoms with Gasteiger partial charge in [0.15, 0.2) is 23.5 Å². The van der Waals surface area contributed by atoms with Gasteiger partial charge in [-0.15, -0.1) is 9.42 Å². The molecule has 3 heterocycles. The van der Waals surface area contributed by atoms with Crippen molar-refractivity contribution in [3.05, 3.63) is 22.5 Å². The van der Waals surface area contributed by atoms with Gasteiger partial charge in [0.05, 0.1) is 19.0 Å². The maximum Gasteiger partial charge on any atom is 0.695 e. The maximum atomic E-state index is 11.8. The standard InChI is InChI=1S/C11H13N4O6P/c1-5-13-9-8(10(17)14-5)12-4-15(9)11-7(21-22(18)19)2-6(3-16)20-11/h4,6-7,11,16H,2-3H2,1H3,(H-,13,14,17,18,19)/p+1/t6-,7-,11+/m0/s1. The van der Waals surface area contributed by atoms with Crippen LogP contribution in [-0.2, 0) is 13.8 Å². The maximum absolute atomic E-state index is 11.8. The summed E-state index contributed by atoms with van der Waals surface area (Å²) in [5, 5.41) is 9.22. The van der Waals surface area contributed by atoms with Crippen LogP contribution in [0.25, 0.3) is 11.2 Å². The van der Waals surface area contributed by atoms with E-state index in [0.717, 1.165) is 0 Å². The summed E-state index contributed by atoms with van der Waals surface area (Å²) in [7, 11) is -2.83. The van der Waals surface area contributed by atoms with E-state index in [-0.39, 0.29) is 29.8 Å². The summed E-state index contributed by atoms with van der Waals surface area (Å²) in [6.45, 7) is 1.38. The molecule has 1 fully saturated rings. The molecule has 118 valence electrons. The van der Waals surface area contributed by atoms with Gasteiger partial charge in [-0.05, 0) is 6.92 Å². The van der Waals surface area contributed by atoms with Gasteiger partial charge in [0, 0.05) is 11.0 Å². The van der Waals surface area contributed by atoms with Crippen LogP contribution in [0, 0.1) is 6.92 Å². The van der Waals surface area contributed by atoms with E-state index in [2.05, 4.69) is 15.0 Å². The normalized spacial score (nSPS) is 25.8. The van der Waals surface area contributed by atoms with Gasteiger partial charge in [0.1, 0.15) is 5.82 Å². The summed E-state index contributed by atoms with van der Waals surface area (Å²) in [5.74, 6) is 0.404. The lowest BCUT2D eigenvalue weighted by Crippen LogP contribution is -2.21. The highest BCUT2D eigenvalue weighted by Crippen LogP contribution is 2.37. The van der Waals surface area contributed by atoms with E-state index in [1.807, 2.05) is 0 Å². The van der Waals surface area contributed by atoms with Crippen molar-refractivity contribution in [2.45, 2.75) is 31.8 Å². The number of aromatic nitrogens is 4. The van der Waals surface area contributed by atoms with E-state index in [1.165, 1.54) is 10.9 Å². The Morgan fingerprint density at radius 1 is 1.64 bits per heavy atom. The molecule has 3 N–H and O–H groups in total. The number of aliphatic hydroxyl groups excluding tert-OH is 1. The van der Waals surface area contributed by atoms with Crippen LogP contribution < -0.4 is 5.56 Å². The minimum Gasteiger partial charge on any atom is -0.394 e. The number of rotatable bonds is 4. The van der Waals surface area contributed by atoms with Crippen LogP contribution in [0.3, 0.4) is 0 Å². The summed E-state index contributed by atoms with van der Waals surface area (Å²) >= 11 is 0. The van der Waals surface area contributed by atoms with Crippen molar-refractivity contribution >= 4 is 19.4 Å². The Morgan fingerprint density at radius 2 is 2.41 bits per heavy atom. The number of ether oxygens (including phenoxy) is 1. The van der Waals surface area contributed by atoms with Crippen molar-refractivity contribution in [3.63, 3.8) is 0 Å². The SMILES string of the molecule is Cc1nc2c(ncn2[C@@H]2O[C@H](CO)C[C@@H]2O[P+](=O)O)c(=O)[nH]1. The van der Waals surface area contributed by atoms with E-state index >= 15 is 0 Å². The number of fused-ring (bicyclic) bond motifs is 1. The number of nitrogens with zero attached hydrogens (tertiary/aromatic N) is 3. The lowest BCUT2D eigenvalue weighted by molar-refractivity contribution is -0.0440. The van der Waals surface area contributed by atoms with E-state index in [1.54, 1.807) is 6.92 Å². The average Bonchev–Trinajstić information content (AvgIpc) is 3.01. The molecular weight excluding hydrogens is 315 g/mol. The average molecular weight is 329 g/mol. The fraction of sp³-hybridized carbons (Fsp3) is 0.545. The number of imidazole rings is 1. The van der Waals surface area contributed by atoms with Crippen LogP contribution in [0.15, 0.2) is 11.1 Å². The lowest BCUT2D eigenvalue weighted by Gasteiger charge is -2.16. The van der Waals surface area contributed by atoms with Gasteiger partial charge in [-0.25, -0.2) is 9.97 Å². The molecule has 10 nitrogen and oxygen atoms in total. The summed E-state index contributed by atoms with van der Waals surface area (Å²) in [5.41, 5.74) is 0.0315. The second-order valence-electron chi connectivity index (χ2n) is 4.92. The number of hydrogen-bond acceptors (Lipinski definition) is 7. The number of hydrogen-bond donors (Lipinski definition) is 3. The van der Waals surface area contributed by atoms with Gasteiger partial charge in [-0.1, -0.05) is 0 Å². The molecule has 3 rings (SSSR count). The smallest absolute Gasteiger partial charge is 0.394 e. The van der Waals surface area contributed by atoms with Crippen LogP contribution in [0.2, 0.25) is 0 Å². The second-order valence-corrected chi connectivity index (χ2v) is 5.61. The summed E-state index contributed by atoms with van der Waals surface area (Å²) < 4.78 is 23.0. The highest BCUT2D eigenvalue weighted by Gasteiger charge is 2.43. The minimum absolute atomic E-state index is 0.133.